The van der Waals surface area contributed by atoms with Gasteiger partial charge in [0, 0.05) is 6.42 Å². The maximum Gasteiger partial charge on any atom is 0.397 e. The van der Waals surface area contributed by atoms with Crippen LogP contribution in [-0.2, 0) is 28.9 Å². The lowest BCUT2D eigenvalue weighted by molar-refractivity contribution is -0.269. The highest BCUT2D eigenvalue weighted by Crippen LogP contribution is 2.25. The molecule has 0 aromatic rings. The average Bonchev–Trinajstić information content (AvgIpc) is 2.58. The number of ether oxygens (including phenoxy) is 2. The van der Waals surface area contributed by atoms with Gasteiger partial charge in [0.05, 0.1) is 18.8 Å². The Morgan fingerprint density at radius 2 is 1.74 bits per heavy atom. The SMILES string of the molecule is CCC(O)[C@H](O)[C@H](O)C(O)CO[C@@H]1OC(C(=O)O)C[C@@H](O)C1OS(=O)(=O)O. The first kappa shape index (κ1) is 24.1. The van der Waals surface area contributed by atoms with Crippen molar-refractivity contribution in [1.82, 2.24) is 0 Å². The Hall–Kier alpha value is -0.940. The summed E-state index contributed by atoms with van der Waals surface area (Å²) in [5, 5.41) is 57.6. The lowest BCUT2D eigenvalue weighted by Crippen LogP contribution is -2.54. The third-order valence-electron chi connectivity index (χ3n) is 3.90. The van der Waals surface area contributed by atoms with Crippen LogP contribution in [0.5, 0.6) is 0 Å². The van der Waals surface area contributed by atoms with Crippen LogP contribution in [0.1, 0.15) is 19.8 Å². The van der Waals surface area contributed by atoms with Crippen LogP contribution in [0.3, 0.4) is 0 Å². The van der Waals surface area contributed by atoms with Crippen molar-refractivity contribution in [2.45, 2.75) is 68.8 Å². The molecule has 8 atom stereocenters. The molecule has 1 aliphatic heterocycles. The molecule has 1 saturated heterocycles. The highest BCUT2D eigenvalue weighted by molar-refractivity contribution is 7.80. The first-order valence-corrected chi connectivity index (χ1v) is 9.29. The highest BCUT2D eigenvalue weighted by Gasteiger charge is 2.45. The van der Waals surface area contributed by atoms with Crippen LogP contribution in [0, 0.1) is 0 Å². The van der Waals surface area contributed by atoms with Gasteiger partial charge in [-0.25, -0.2) is 8.98 Å². The van der Waals surface area contributed by atoms with E-state index in [4.69, 9.17) is 19.1 Å². The number of carbonyl (C=O) groups is 1. The van der Waals surface area contributed by atoms with Crippen molar-refractivity contribution >= 4 is 16.4 Å². The van der Waals surface area contributed by atoms with Gasteiger partial charge in [-0.3, -0.25) is 4.55 Å². The minimum atomic E-state index is -5.06. The molecule has 13 nitrogen and oxygen atoms in total. The first-order valence-electron chi connectivity index (χ1n) is 7.93. The molecule has 0 amide bonds. The van der Waals surface area contributed by atoms with E-state index in [1.807, 2.05) is 0 Å². The van der Waals surface area contributed by atoms with Crippen LogP contribution < -0.4 is 0 Å². The Kier molecular flexibility index (Phi) is 8.94. The molecule has 0 aromatic heterocycles. The molecule has 0 bridgehead atoms. The molecular weight excluding hydrogens is 396 g/mol. The molecule has 1 rings (SSSR count). The Morgan fingerprint density at radius 1 is 1.19 bits per heavy atom. The second-order valence-corrected chi connectivity index (χ2v) is 7.03. The van der Waals surface area contributed by atoms with Crippen LogP contribution in [0.25, 0.3) is 0 Å². The van der Waals surface area contributed by atoms with Crippen molar-refractivity contribution in [3.8, 4) is 0 Å². The van der Waals surface area contributed by atoms with E-state index in [1.54, 1.807) is 0 Å². The second kappa shape index (κ2) is 10.0. The van der Waals surface area contributed by atoms with Crippen molar-refractivity contribution in [1.29, 1.82) is 0 Å². The van der Waals surface area contributed by atoms with E-state index in [0.717, 1.165) is 0 Å². The van der Waals surface area contributed by atoms with Crippen LogP contribution >= 0.6 is 0 Å². The maximum absolute atomic E-state index is 11.0. The van der Waals surface area contributed by atoms with Gasteiger partial charge in [0.25, 0.3) is 0 Å². The van der Waals surface area contributed by atoms with E-state index in [-0.39, 0.29) is 6.42 Å². The molecule has 1 heterocycles. The minimum Gasteiger partial charge on any atom is -0.479 e. The van der Waals surface area contributed by atoms with Gasteiger partial charge in [0.15, 0.2) is 18.5 Å². The summed E-state index contributed by atoms with van der Waals surface area (Å²) in [7, 11) is -5.06. The Labute approximate surface area is 154 Å². The van der Waals surface area contributed by atoms with Crippen LogP contribution in [-0.4, -0.2) is 105 Å². The fourth-order valence-corrected chi connectivity index (χ4v) is 2.86. The molecular formula is C13H24O13S. The predicted molar refractivity (Wildman–Crippen MR) is 83.6 cm³/mol. The van der Waals surface area contributed by atoms with Crippen LogP contribution in [0.4, 0.5) is 0 Å². The monoisotopic (exact) mass is 420 g/mol. The third kappa shape index (κ3) is 7.19. The molecule has 7 N–H and O–H groups in total. The second-order valence-electron chi connectivity index (χ2n) is 5.98. The number of carboxylic acid groups (broad SMARTS) is 1. The molecule has 1 aliphatic rings. The van der Waals surface area contributed by atoms with Gasteiger partial charge in [0.1, 0.15) is 18.3 Å². The van der Waals surface area contributed by atoms with Crippen molar-refractivity contribution in [3.05, 3.63) is 0 Å². The summed E-state index contributed by atoms with van der Waals surface area (Å²) in [5.41, 5.74) is 0. The summed E-state index contributed by atoms with van der Waals surface area (Å²) in [5.74, 6) is -1.49. The van der Waals surface area contributed by atoms with E-state index >= 15 is 0 Å². The lowest BCUT2D eigenvalue weighted by Gasteiger charge is -2.37. The molecule has 14 heteroatoms. The summed E-state index contributed by atoms with van der Waals surface area (Å²) >= 11 is 0. The molecule has 160 valence electrons. The molecule has 0 aromatic carbocycles. The van der Waals surface area contributed by atoms with Gasteiger partial charge < -0.3 is 40.1 Å². The normalized spacial score (nSPS) is 31.1. The minimum absolute atomic E-state index is 0.0777. The maximum atomic E-state index is 11.0. The van der Waals surface area contributed by atoms with Crippen molar-refractivity contribution in [2.24, 2.45) is 0 Å². The van der Waals surface area contributed by atoms with Gasteiger partial charge >= 0.3 is 16.4 Å². The Balaban J connectivity index is 2.82. The number of hydrogen-bond acceptors (Lipinski definition) is 11. The topological polar surface area (TPSA) is 221 Å². The van der Waals surface area contributed by atoms with E-state index in [9.17, 15) is 38.7 Å². The van der Waals surface area contributed by atoms with Gasteiger partial charge in [-0.05, 0) is 6.42 Å². The van der Waals surface area contributed by atoms with Gasteiger partial charge in [-0.1, -0.05) is 6.92 Å². The molecule has 0 aliphatic carbocycles. The first-order chi connectivity index (χ1) is 12.4. The number of aliphatic hydroxyl groups is 5. The fraction of sp³-hybridized carbons (Fsp3) is 0.923. The molecule has 27 heavy (non-hydrogen) atoms. The zero-order valence-electron chi connectivity index (χ0n) is 14.2. The third-order valence-corrected chi connectivity index (χ3v) is 4.36. The van der Waals surface area contributed by atoms with Crippen LogP contribution in [0.2, 0.25) is 0 Å². The molecule has 1 fully saturated rings. The Morgan fingerprint density at radius 3 is 2.22 bits per heavy atom. The number of aliphatic carboxylic acids is 1. The summed E-state index contributed by atoms with van der Waals surface area (Å²) in [4.78, 5) is 11.0. The van der Waals surface area contributed by atoms with Crippen molar-refractivity contribution < 1.29 is 62.1 Å². The summed E-state index contributed by atoms with van der Waals surface area (Å²) < 4.78 is 44.7. The van der Waals surface area contributed by atoms with Crippen molar-refractivity contribution in [3.63, 3.8) is 0 Å². The standard InChI is InChI=1S/C13H24O13S/c1-2-5(14)9(17)10(18)7(16)4-24-13-11(26-27(21,22)23)6(15)3-8(25-13)12(19)20/h5-11,13-18H,2-4H2,1H3,(H,19,20)(H,21,22,23)/t5?,6-,7?,8?,9+,10-,11?,13-/m1/s1. The summed E-state index contributed by atoms with van der Waals surface area (Å²) in [6.45, 7) is 0.702. The lowest BCUT2D eigenvalue weighted by atomic mass is 10.0. The summed E-state index contributed by atoms with van der Waals surface area (Å²) in [6, 6.07) is 0. The quantitative estimate of drug-likeness (QED) is 0.172. The zero-order valence-corrected chi connectivity index (χ0v) is 15.0. The van der Waals surface area contributed by atoms with E-state index in [0.29, 0.717) is 0 Å². The number of aliphatic hydroxyl groups excluding tert-OH is 5. The molecule has 0 saturated carbocycles. The van der Waals surface area contributed by atoms with E-state index in [2.05, 4.69) is 4.18 Å². The predicted octanol–water partition coefficient (Wildman–Crippen LogP) is -3.39. The highest BCUT2D eigenvalue weighted by atomic mass is 32.3. The Bertz CT molecular complexity index is 581. The average molecular weight is 420 g/mol. The van der Waals surface area contributed by atoms with Gasteiger partial charge in [0.2, 0.25) is 0 Å². The molecule has 4 unspecified atom stereocenters. The largest absolute Gasteiger partial charge is 0.479 e. The number of rotatable bonds is 10. The molecule has 0 radical (unpaired) electrons. The molecule has 0 spiro atoms. The van der Waals surface area contributed by atoms with Gasteiger partial charge in [-0.15, -0.1) is 0 Å². The summed E-state index contributed by atoms with van der Waals surface area (Å²) in [6.07, 6.45) is -14.2. The van der Waals surface area contributed by atoms with E-state index in [1.165, 1.54) is 6.92 Å². The number of hydrogen-bond donors (Lipinski definition) is 7. The smallest absolute Gasteiger partial charge is 0.397 e. The fourth-order valence-electron chi connectivity index (χ4n) is 2.36. The van der Waals surface area contributed by atoms with E-state index < -0.39 is 78.4 Å². The zero-order chi connectivity index (χ0) is 20.9. The number of carboxylic acids is 1. The van der Waals surface area contributed by atoms with Crippen LogP contribution in [0.15, 0.2) is 0 Å². The van der Waals surface area contributed by atoms with Crippen molar-refractivity contribution in [2.75, 3.05) is 6.61 Å². The van der Waals surface area contributed by atoms with Gasteiger partial charge in [-0.2, -0.15) is 8.42 Å².